The quantitative estimate of drug-likeness (QED) is 0.540. The first-order valence-corrected chi connectivity index (χ1v) is 12.6. The highest BCUT2D eigenvalue weighted by Crippen LogP contribution is 2.26. The Kier molecular flexibility index (Phi) is 8.47. The second-order valence-corrected chi connectivity index (χ2v) is 10.5. The molecule has 10 heteroatoms. The molecule has 0 unspecified atom stereocenters. The number of hydrogen-bond donors (Lipinski definition) is 1. The number of hydrogen-bond acceptors (Lipinski definition) is 4. The van der Waals surface area contributed by atoms with E-state index >= 15 is 0 Å². The molecule has 0 bridgehead atoms. The van der Waals surface area contributed by atoms with E-state index in [0.717, 1.165) is 0 Å². The van der Waals surface area contributed by atoms with Gasteiger partial charge in [-0.3, -0.25) is 4.79 Å². The fourth-order valence-corrected chi connectivity index (χ4v) is 5.76. The van der Waals surface area contributed by atoms with Gasteiger partial charge in [0.1, 0.15) is 12.4 Å². The Morgan fingerprint density at radius 1 is 1.13 bits per heavy atom. The minimum atomic E-state index is -3.62. The lowest BCUT2D eigenvalue weighted by molar-refractivity contribution is -0.126. The van der Waals surface area contributed by atoms with E-state index in [0.29, 0.717) is 52.3 Å². The summed E-state index contributed by atoms with van der Waals surface area (Å²) in [6, 6.07) is 11.8. The monoisotopic (exact) mass is 504 g/mol. The highest BCUT2D eigenvalue weighted by Gasteiger charge is 2.32. The van der Waals surface area contributed by atoms with Gasteiger partial charge in [0.15, 0.2) is 0 Å². The number of amides is 1. The second kappa shape index (κ2) is 10.9. The van der Waals surface area contributed by atoms with Crippen LogP contribution in [0.15, 0.2) is 42.5 Å². The minimum Gasteiger partial charge on any atom is -0.490 e. The van der Waals surface area contributed by atoms with Gasteiger partial charge in [0.2, 0.25) is 15.9 Å². The van der Waals surface area contributed by atoms with E-state index in [2.05, 4.69) is 5.32 Å². The molecule has 2 aromatic rings. The Labute approximate surface area is 197 Å². The number of rotatable bonds is 8. The van der Waals surface area contributed by atoms with Gasteiger partial charge in [-0.2, -0.15) is 0 Å². The van der Waals surface area contributed by atoms with Gasteiger partial charge in [-0.05, 0) is 42.7 Å². The van der Waals surface area contributed by atoms with Gasteiger partial charge in [-0.1, -0.05) is 53.0 Å². The molecule has 1 N–H and O–H groups in total. The van der Waals surface area contributed by atoms with Crippen LogP contribution in [0.3, 0.4) is 0 Å². The summed E-state index contributed by atoms with van der Waals surface area (Å²) in [5.41, 5.74) is 0.481. The lowest BCUT2D eigenvalue weighted by Crippen LogP contribution is -2.46. The maximum atomic E-state index is 12.9. The zero-order chi connectivity index (χ0) is 22.4. The van der Waals surface area contributed by atoms with Gasteiger partial charge in [0.05, 0.1) is 23.2 Å². The highest BCUT2D eigenvalue weighted by atomic mass is 35.5. The van der Waals surface area contributed by atoms with Gasteiger partial charge >= 0.3 is 0 Å². The molecule has 0 saturated carbocycles. The molecule has 6 nitrogen and oxygen atoms in total. The number of ether oxygens (including phenoxy) is 1. The van der Waals surface area contributed by atoms with Crippen molar-refractivity contribution in [2.45, 2.75) is 18.6 Å². The molecule has 168 valence electrons. The molecule has 1 atom stereocenters. The molecule has 2 aromatic carbocycles. The molecule has 0 radical (unpaired) electrons. The fourth-order valence-electron chi connectivity index (χ4n) is 3.38. The van der Waals surface area contributed by atoms with E-state index in [1.807, 2.05) is 6.07 Å². The number of carbonyl (C=O) groups is 1. The van der Waals surface area contributed by atoms with Crippen molar-refractivity contribution in [3.8, 4) is 5.75 Å². The highest BCUT2D eigenvalue weighted by molar-refractivity contribution is 7.88. The van der Waals surface area contributed by atoms with Crippen LogP contribution < -0.4 is 10.1 Å². The largest absolute Gasteiger partial charge is 0.490 e. The predicted octanol–water partition coefficient (Wildman–Crippen LogP) is 4.38. The summed E-state index contributed by atoms with van der Waals surface area (Å²) in [6.45, 7) is 1.09. The number of carbonyl (C=O) groups excluding carboxylic acids is 1. The summed E-state index contributed by atoms with van der Waals surface area (Å²) >= 11 is 18.0. The number of benzene rings is 2. The molecule has 0 spiro atoms. The van der Waals surface area contributed by atoms with Crippen LogP contribution in [0.4, 0.5) is 0 Å². The molecular formula is C21H23Cl3N2O4S. The van der Waals surface area contributed by atoms with Crippen molar-refractivity contribution in [2.75, 3.05) is 26.2 Å². The molecule has 31 heavy (non-hydrogen) atoms. The Morgan fingerprint density at radius 2 is 1.90 bits per heavy atom. The third kappa shape index (κ3) is 6.73. The first-order chi connectivity index (χ1) is 14.8. The smallest absolute Gasteiger partial charge is 0.224 e. The van der Waals surface area contributed by atoms with E-state index in [1.54, 1.807) is 30.3 Å². The molecule has 3 rings (SSSR count). The lowest BCUT2D eigenvalue weighted by Gasteiger charge is -2.31. The van der Waals surface area contributed by atoms with E-state index in [4.69, 9.17) is 39.5 Å². The average molecular weight is 506 g/mol. The predicted molar refractivity (Wildman–Crippen MR) is 123 cm³/mol. The van der Waals surface area contributed by atoms with Crippen LogP contribution in [0.2, 0.25) is 15.1 Å². The van der Waals surface area contributed by atoms with Gasteiger partial charge in [0.25, 0.3) is 0 Å². The number of nitrogens with one attached hydrogen (secondary N) is 1. The molecule has 0 aliphatic carbocycles. The van der Waals surface area contributed by atoms with Crippen molar-refractivity contribution in [1.29, 1.82) is 0 Å². The van der Waals surface area contributed by atoms with Gasteiger partial charge in [-0.15, -0.1) is 0 Å². The van der Waals surface area contributed by atoms with E-state index in [-0.39, 0.29) is 24.8 Å². The summed E-state index contributed by atoms with van der Waals surface area (Å²) in [6.07, 6.45) is 1.24. The van der Waals surface area contributed by atoms with Crippen LogP contribution in [-0.2, 0) is 20.6 Å². The van der Waals surface area contributed by atoms with Gasteiger partial charge in [-0.25, -0.2) is 12.7 Å². The van der Waals surface area contributed by atoms with E-state index in [1.165, 1.54) is 10.4 Å². The number of nitrogens with zero attached hydrogens (tertiary/aromatic N) is 1. The molecule has 1 aliphatic heterocycles. The summed E-state index contributed by atoms with van der Waals surface area (Å²) in [4.78, 5) is 12.5. The summed E-state index contributed by atoms with van der Waals surface area (Å²) < 4.78 is 32.7. The SMILES string of the molecule is O=C(NCCOc1ccccc1Cl)[C@@H]1CCCN(S(=O)(=O)Cc2ccc(Cl)cc2Cl)C1. The molecule has 1 aliphatic rings. The maximum Gasteiger partial charge on any atom is 0.224 e. The third-order valence-corrected chi connectivity index (χ3v) is 7.69. The van der Waals surface area contributed by atoms with Crippen molar-refractivity contribution >= 4 is 50.7 Å². The van der Waals surface area contributed by atoms with Crippen LogP contribution >= 0.6 is 34.8 Å². The molecule has 1 fully saturated rings. The van der Waals surface area contributed by atoms with Crippen molar-refractivity contribution in [3.05, 3.63) is 63.1 Å². The molecule has 1 heterocycles. The Balaban J connectivity index is 1.51. The van der Waals surface area contributed by atoms with Crippen LogP contribution in [0.25, 0.3) is 0 Å². The van der Waals surface area contributed by atoms with Crippen LogP contribution in [0.5, 0.6) is 5.75 Å². The number of para-hydroxylation sites is 1. The van der Waals surface area contributed by atoms with Gasteiger partial charge in [0, 0.05) is 23.1 Å². The summed E-state index contributed by atoms with van der Waals surface area (Å²) in [7, 11) is -3.62. The van der Waals surface area contributed by atoms with Crippen molar-refractivity contribution in [1.82, 2.24) is 9.62 Å². The van der Waals surface area contributed by atoms with E-state index < -0.39 is 15.9 Å². The first kappa shape index (κ1) is 24.1. The number of piperidine rings is 1. The van der Waals surface area contributed by atoms with Crippen molar-refractivity contribution in [2.24, 2.45) is 5.92 Å². The third-order valence-electron chi connectivity index (χ3n) is 5.00. The zero-order valence-corrected chi connectivity index (χ0v) is 19.8. The summed E-state index contributed by atoms with van der Waals surface area (Å²) in [5, 5.41) is 4.07. The molecule has 1 amide bonds. The van der Waals surface area contributed by atoms with Crippen LogP contribution in [0.1, 0.15) is 18.4 Å². The standard InChI is InChI=1S/C21H23Cl3N2O4S/c22-17-8-7-16(19(24)12-17)14-31(28,29)26-10-3-4-15(13-26)21(27)25-9-11-30-20-6-2-1-5-18(20)23/h1-2,5-8,12,15H,3-4,9-11,13-14H2,(H,25,27)/t15-/m1/s1. The van der Waals surface area contributed by atoms with Crippen LogP contribution in [0, 0.1) is 5.92 Å². The normalized spacial score (nSPS) is 17.3. The second-order valence-electron chi connectivity index (χ2n) is 7.26. The maximum absolute atomic E-state index is 12.9. The Hall–Kier alpha value is -1.51. The lowest BCUT2D eigenvalue weighted by atomic mass is 9.99. The molecular weight excluding hydrogens is 483 g/mol. The van der Waals surface area contributed by atoms with Crippen molar-refractivity contribution in [3.63, 3.8) is 0 Å². The average Bonchev–Trinajstić information content (AvgIpc) is 2.74. The van der Waals surface area contributed by atoms with E-state index in [9.17, 15) is 13.2 Å². The van der Waals surface area contributed by atoms with Crippen LogP contribution in [-0.4, -0.2) is 44.9 Å². The Morgan fingerprint density at radius 3 is 2.65 bits per heavy atom. The fraction of sp³-hybridized carbons (Fsp3) is 0.381. The topological polar surface area (TPSA) is 75.7 Å². The molecule has 0 aromatic heterocycles. The Bertz CT molecular complexity index is 1030. The zero-order valence-electron chi connectivity index (χ0n) is 16.7. The summed E-state index contributed by atoms with van der Waals surface area (Å²) in [5.74, 6) is -0.283. The number of sulfonamides is 1. The number of halogens is 3. The minimum absolute atomic E-state index is 0.144. The van der Waals surface area contributed by atoms with Gasteiger partial charge < -0.3 is 10.1 Å². The first-order valence-electron chi connectivity index (χ1n) is 9.83. The molecule has 1 saturated heterocycles. The van der Waals surface area contributed by atoms with Crippen molar-refractivity contribution < 1.29 is 17.9 Å².